The number of nitrogens with one attached hydrogen (secondary N) is 1. The maximum Gasteiger partial charge on any atom is 0.150 e. The molecule has 1 atom stereocenters. The van der Waals surface area contributed by atoms with Gasteiger partial charge in [0.2, 0.25) is 0 Å². The number of rotatable bonds is 8. The number of benzene rings is 1. The molecular weight excluding hydrogens is 270 g/mol. The summed E-state index contributed by atoms with van der Waals surface area (Å²) in [6.07, 6.45) is 0.680. The van der Waals surface area contributed by atoms with Gasteiger partial charge in [0.15, 0.2) is 0 Å². The molecule has 0 saturated heterocycles. The van der Waals surface area contributed by atoms with E-state index in [2.05, 4.69) is 50.4 Å². The van der Waals surface area contributed by atoms with Crippen LogP contribution in [0.3, 0.4) is 0 Å². The van der Waals surface area contributed by atoms with Crippen molar-refractivity contribution in [2.24, 2.45) is 0 Å². The molecule has 0 amide bonds. The van der Waals surface area contributed by atoms with Crippen LogP contribution in [0.4, 0.5) is 0 Å². The maximum atomic E-state index is 11.7. The molecule has 0 aliphatic carbocycles. The van der Waals surface area contributed by atoms with Gasteiger partial charge in [-0.25, -0.2) is 8.42 Å². The van der Waals surface area contributed by atoms with Crippen molar-refractivity contribution in [3.05, 3.63) is 35.4 Å². The second kappa shape index (κ2) is 7.79. The second-order valence-corrected chi connectivity index (χ2v) is 8.17. The van der Waals surface area contributed by atoms with E-state index in [0.717, 1.165) is 6.54 Å². The Labute approximate surface area is 123 Å². The lowest BCUT2D eigenvalue weighted by Crippen LogP contribution is -2.29. The van der Waals surface area contributed by atoms with Crippen LogP contribution >= 0.6 is 0 Å². The molecule has 3 nitrogen and oxygen atoms in total. The normalized spacial score (nSPS) is 13.7. The van der Waals surface area contributed by atoms with Crippen LogP contribution in [-0.2, 0) is 9.84 Å². The zero-order chi connectivity index (χ0) is 15.2. The molecule has 0 radical (unpaired) electrons. The van der Waals surface area contributed by atoms with Crippen molar-refractivity contribution in [2.75, 3.05) is 18.1 Å². The average molecular weight is 297 g/mol. The molecule has 0 aliphatic heterocycles. The molecule has 1 rings (SSSR count). The summed E-state index contributed by atoms with van der Waals surface area (Å²) in [5, 5.41) is 3.42. The van der Waals surface area contributed by atoms with Crippen molar-refractivity contribution in [1.29, 1.82) is 0 Å². The Bertz CT molecular complexity index is 492. The van der Waals surface area contributed by atoms with Crippen molar-refractivity contribution >= 4 is 9.84 Å². The fourth-order valence-corrected chi connectivity index (χ4v) is 3.00. The van der Waals surface area contributed by atoms with E-state index in [-0.39, 0.29) is 17.4 Å². The molecule has 0 bridgehead atoms. The van der Waals surface area contributed by atoms with Crippen LogP contribution < -0.4 is 5.32 Å². The summed E-state index contributed by atoms with van der Waals surface area (Å²) in [5.41, 5.74) is 2.44. The maximum absolute atomic E-state index is 11.7. The molecule has 0 aliphatic rings. The first-order valence-corrected chi connectivity index (χ1v) is 9.16. The Morgan fingerprint density at radius 1 is 1.15 bits per heavy atom. The third kappa shape index (κ3) is 6.06. The lowest BCUT2D eigenvalue weighted by atomic mass is 9.95. The van der Waals surface area contributed by atoms with E-state index >= 15 is 0 Å². The molecule has 1 N–H and O–H groups in total. The molecule has 1 unspecified atom stereocenters. The molecule has 0 aromatic heterocycles. The zero-order valence-corrected chi connectivity index (χ0v) is 13.8. The third-order valence-electron chi connectivity index (χ3n) is 3.54. The lowest BCUT2D eigenvalue weighted by Gasteiger charge is -2.20. The Morgan fingerprint density at radius 3 is 2.25 bits per heavy atom. The molecule has 0 fully saturated rings. The van der Waals surface area contributed by atoms with Gasteiger partial charge in [-0.1, -0.05) is 50.6 Å². The van der Waals surface area contributed by atoms with Crippen molar-refractivity contribution in [2.45, 2.75) is 46.1 Å². The predicted molar refractivity (Wildman–Crippen MR) is 86.0 cm³/mol. The Hall–Kier alpha value is -0.870. The van der Waals surface area contributed by atoms with Gasteiger partial charge in [0, 0.05) is 18.3 Å². The van der Waals surface area contributed by atoms with Gasteiger partial charge in [-0.05, 0) is 24.8 Å². The van der Waals surface area contributed by atoms with Gasteiger partial charge < -0.3 is 5.32 Å². The molecule has 114 valence electrons. The lowest BCUT2D eigenvalue weighted by molar-refractivity contribution is 0.517. The summed E-state index contributed by atoms with van der Waals surface area (Å²) in [5.74, 6) is 0.742. The molecule has 0 saturated carbocycles. The molecule has 0 heterocycles. The summed E-state index contributed by atoms with van der Waals surface area (Å²) >= 11 is 0. The monoisotopic (exact) mass is 297 g/mol. The van der Waals surface area contributed by atoms with E-state index in [1.165, 1.54) is 11.1 Å². The SMILES string of the molecule is CCS(=O)(=O)CCC(CNC(C)C)c1ccc(C)cc1. The largest absolute Gasteiger partial charge is 0.314 e. The van der Waals surface area contributed by atoms with Gasteiger partial charge >= 0.3 is 0 Å². The van der Waals surface area contributed by atoms with Crippen molar-refractivity contribution < 1.29 is 8.42 Å². The van der Waals surface area contributed by atoms with Crippen molar-refractivity contribution in [1.82, 2.24) is 5.32 Å². The number of aryl methyl sites for hydroxylation is 1. The Kier molecular flexibility index (Phi) is 6.69. The van der Waals surface area contributed by atoms with Gasteiger partial charge in [-0.3, -0.25) is 0 Å². The molecule has 0 spiro atoms. The molecule has 20 heavy (non-hydrogen) atoms. The van der Waals surface area contributed by atoms with E-state index < -0.39 is 9.84 Å². The van der Waals surface area contributed by atoms with Gasteiger partial charge in [0.25, 0.3) is 0 Å². The smallest absolute Gasteiger partial charge is 0.150 e. The highest BCUT2D eigenvalue weighted by Crippen LogP contribution is 2.20. The van der Waals surface area contributed by atoms with Crippen molar-refractivity contribution in [3.63, 3.8) is 0 Å². The quantitative estimate of drug-likeness (QED) is 0.802. The predicted octanol–water partition coefficient (Wildman–Crippen LogP) is 2.90. The van der Waals surface area contributed by atoms with E-state index in [1.54, 1.807) is 6.92 Å². The highest BCUT2D eigenvalue weighted by Gasteiger charge is 2.16. The van der Waals surface area contributed by atoms with E-state index in [4.69, 9.17) is 0 Å². The van der Waals surface area contributed by atoms with Crippen LogP contribution in [0.2, 0.25) is 0 Å². The fourth-order valence-electron chi connectivity index (χ4n) is 2.07. The van der Waals surface area contributed by atoms with Gasteiger partial charge in [-0.2, -0.15) is 0 Å². The minimum absolute atomic E-state index is 0.227. The van der Waals surface area contributed by atoms with Crippen LogP contribution in [0.1, 0.15) is 44.2 Å². The van der Waals surface area contributed by atoms with Crippen LogP contribution in [0.25, 0.3) is 0 Å². The summed E-state index contributed by atoms with van der Waals surface area (Å²) in [4.78, 5) is 0. The second-order valence-electron chi connectivity index (χ2n) is 5.70. The van der Waals surface area contributed by atoms with Crippen molar-refractivity contribution in [3.8, 4) is 0 Å². The Morgan fingerprint density at radius 2 is 1.75 bits per heavy atom. The molecule has 1 aromatic rings. The van der Waals surface area contributed by atoms with E-state index in [1.807, 2.05) is 0 Å². The fraction of sp³-hybridized carbons (Fsp3) is 0.625. The first-order valence-electron chi connectivity index (χ1n) is 7.34. The number of hydrogen-bond acceptors (Lipinski definition) is 3. The summed E-state index contributed by atoms with van der Waals surface area (Å²) in [7, 11) is -2.90. The first kappa shape index (κ1) is 17.2. The highest BCUT2D eigenvalue weighted by atomic mass is 32.2. The molecule has 1 aromatic carbocycles. The van der Waals surface area contributed by atoms with Crippen LogP contribution in [0.15, 0.2) is 24.3 Å². The topological polar surface area (TPSA) is 46.2 Å². The molecular formula is C16H27NO2S. The minimum Gasteiger partial charge on any atom is -0.314 e. The van der Waals surface area contributed by atoms with E-state index in [9.17, 15) is 8.42 Å². The number of sulfone groups is 1. The average Bonchev–Trinajstić information content (AvgIpc) is 2.40. The number of hydrogen-bond donors (Lipinski definition) is 1. The van der Waals surface area contributed by atoms with Gasteiger partial charge in [0.05, 0.1) is 5.75 Å². The summed E-state index contributed by atoms with van der Waals surface area (Å²) in [6, 6.07) is 8.81. The highest BCUT2D eigenvalue weighted by molar-refractivity contribution is 7.91. The standard InChI is InChI=1S/C16H27NO2S/c1-5-20(18,19)11-10-16(12-17-13(2)3)15-8-6-14(4)7-9-15/h6-9,13,16-17H,5,10-12H2,1-4H3. The zero-order valence-electron chi connectivity index (χ0n) is 13.0. The Balaban J connectivity index is 2.77. The van der Waals surface area contributed by atoms with Gasteiger partial charge in [-0.15, -0.1) is 0 Å². The third-order valence-corrected chi connectivity index (χ3v) is 5.28. The summed E-state index contributed by atoms with van der Waals surface area (Å²) < 4.78 is 23.4. The first-order chi connectivity index (χ1) is 9.34. The van der Waals surface area contributed by atoms with Crippen LogP contribution in [-0.4, -0.2) is 32.5 Å². The summed E-state index contributed by atoms with van der Waals surface area (Å²) in [6.45, 7) is 8.80. The van der Waals surface area contributed by atoms with Crippen LogP contribution in [0, 0.1) is 6.92 Å². The van der Waals surface area contributed by atoms with Crippen LogP contribution in [0.5, 0.6) is 0 Å². The van der Waals surface area contributed by atoms with Gasteiger partial charge in [0.1, 0.15) is 9.84 Å². The minimum atomic E-state index is -2.90. The van der Waals surface area contributed by atoms with E-state index in [0.29, 0.717) is 12.5 Å². The molecule has 4 heteroatoms.